The molecule has 0 aromatic heterocycles. The molecule has 0 saturated carbocycles. The van der Waals surface area contributed by atoms with E-state index >= 15 is 0 Å². The van der Waals surface area contributed by atoms with E-state index in [2.05, 4.69) is 41.0 Å². The minimum Gasteiger partial charge on any atom is -0.326 e. The molecule has 0 aliphatic rings. The van der Waals surface area contributed by atoms with Crippen molar-refractivity contribution < 1.29 is 9.59 Å². The van der Waals surface area contributed by atoms with Crippen molar-refractivity contribution in [3.8, 4) is 0 Å². The zero-order valence-electron chi connectivity index (χ0n) is 17.4. The maximum Gasteiger partial charge on any atom is 0.256 e. The van der Waals surface area contributed by atoms with E-state index in [-0.39, 0.29) is 11.8 Å². The van der Waals surface area contributed by atoms with Crippen molar-refractivity contribution in [1.29, 1.82) is 0 Å². The molecule has 4 rings (SSSR count). The lowest BCUT2D eigenvalue weighted by atomic mass is 10.0. The van der Waals surface area contributed by atoms with Crippen LogP contribution in [0.1, 0.15) is 27.9 Å². The molecule has 0 atom stereocenters. The fourth-order valence-corrected chi connectivity index (χ4v) is 3.60. The number of carbonyl (C=O) groups is 2. The minimum atomic E-state index is -0.198. The second-order valence-electron chi connectivity index (χ2n) is 7.53. The second-order valence-corrected chi connectivity index (χ2v) is 7.53. The zero-order chi connectivity index (χ0) is 21.6. The van der Waals surface area contributed by atoms with Gasteiger partial charge in [-0.1, -0.05) is 66.7 Å². The molecule has 2 N–H and O–H groups in total. The van der Waals surface area contributed by atoms with Crippen LogP contribution in [0, 0.1) is 6.92 Å². The number of carbonyl (C=O) groups excluding carboxylic acids is 2. The van der Waals surface area contributed by atoms with E-state index in [0.717, 1.165) is 16.8 Å². The van der Waals surface area contributed by atoms with Crippen LogP contribution in [0.2, 0.25) is 0 Å². The summed E-state index contributed by atoms with van der Waals surface area (Å²) in [5, 5.41) is 8.21. The summed E-state index contributed by atoms with van der Waals surface area (Å²) in [6.45, 7) is 1.85. The maximum absolute atomic E-state index is 12.7. The van der Waals surface area contributed by atoms with Crippen LogP contribution in [-0.2, 0) is 11.2 Å². The highest BCUT2D eigenvalue weighted by Crippen LogP contribution is 2.21. The summed E-state index contributed by atoms with van der Waals surface area (Å²) in [6.07, 6.45) is 1.03. The molecule has 0 spiro atoms. The lowest BCUT2D eigenvalue weighted by molar-refractivity contribution is -0.116. The normalized spacial score (nSPS) is 10.6. The molecule has 0 unspecified atom stereocenters. The molecule has 0 heterocycles. The summed E-state index contributed by atoms with van der Waals surface area (Å²) in [5.74, 6) is -0.271. The van der Waals surface area contributed by atoms with Crippen LogP contribution in [0.4, 0.5) is 11.4 Å². The van der Waals surface area contributed by atoms with E-state index in [9.17, 15) is 9.59 Å². The summed E-state index contributed by atoms with van der Waals surface area (Å²) in [5.41, 5.74) is 3.80. The van der Waals surface area contributed by atoms with Crippen molar-refractivity contribution in [3.05, 3.63) is 108 Å². The van der Waals surface area contributed by atoms with Gasteiger partial charge in [-0.05, 0) is 59.5 Å². The zero-order valence-corrected chi connectivity index (χ0v) is 17.4. The maximum atomic E-state index is 12.7. The van der Waals surface area contributed by atoms with Crippen LogP contribution < -0.4 is 10.6 Å². The van der Waals surface area contributed by atoms with Crippen LogP contribution >= 0.6 is 0 Å². The molecule has 0 radical (unpaired) electrons. The van der Waals surface area contributed by atoms with Gasteiger partial charge in [-0.3, -0.25) is 9.59 Å². The van der Waals surface area contributed by atoms with Crippen LogP contribution in [0.3, 0.4) is 0 Å². The van der Waals surface area contributed by atoms with Gasteiger partial charge in [0.1, 0.15) is 0 Å². The number of anilines is 2. The summed E-state index contributed by atoms with van der Waals surface area (Å²) < 4.78 is 0. The Labute approximate surface area is 181 Å². The average molecular weight is 409 g/mol. The van der Waals surface area contributed by atoms with Gasteiger partial charge in [-0.2, -0.15) is 0 Å². The standard InChI is InChI=1S/C27H24N2O2/c1-19-24(27(31)28-23-10-3-2-4-11-23)12-7-13-25(19)29-26(30)17-15-20-14-16-21-8-5-6-9-22(21)18-20/h2-14,16,18H,15,17H2,1H3,(H,28,31)(H,29,30). The van der Waals surface area contributed by atoms with Crippen molar-refractivity contribution in [2.45, 2.75) is 19.8 Å². The Balaban J connectivity index is 1.40. The van der Waals surface area contributed by atoms with Gasteiger partial charge in [0.25, 0.3) is 5.91 Å². The number of amides is 2. The Kier molecular flexibility index (Phi) is 6.08. The predicted octanol–water partition coefficient (Wildman–Crippen LogP) is 5.97. The molecular formula is C27H24N2O2. The van der Waals surface area contributed by atoms with E-state index < -0.39 is 0 Å². The highest BCUT2D eigenvalue weighted by molar-refractivity contribution is 6.06. The minimum absolute atomic E-state index is 0.0723. The van der Waals surface area contributed by atoms with Crippen molar-refractivity contribution >= 4 is 34.0 Å². The second kappa shape index (κ2) is 9.26. The smallest absolute Gasteiger partial charge is 0.256 e. The van der Waals surface area contributed by atoms with Crippen molar-refractivity contribution in [3.63, 3.8) is 0 Å². The first kappa shape index (κ1) is 20.4. The van der Waals surface area contributed by atoms with Crippen LogP contribution in [0.25, 0.3) is 10.8 Å². The van der Waals surface area contributed by atoms with Gasteiger partial charge in [-0.15, -0.1) is 0 Å². The molecule has 4 aromatic rings. The highest BCUT2D eigenvalue weighted by atomic mass is 16.2. The molecule has 154 valence electrons. The molecule has 4 aromatic carbocycles. The van der Waals surface area contributed by atoms with Gasteiger partial charge in [0.2, 0.25) is 5.91 Å². The number of nitrogens with one attached hydrogen (secondary N) is 2. The summed E-state index contributed by atoms with van der Waals surface area (Å²) in [7, 11) is 0. The van der Waals surface area contributed by atoms with Crippen LogP contribution in [-0.4, -0.2) is 11.8 Å². The van der Waals surface area contributed by atoms with Gasteiger partial charge in [-0.25, -0.2) is 0 Å². The number of para-hydroxylation sites is 1. The summed E-state index contributed by atoms with van der Waals surface area (Å²) >= 11 is 0. The Hall–Kier alpha value is -3.92. The Morgan fingerprint density at radius 1 is 0.742 bits per heavy atom. The molecule has 4 heteroatoms. The predicted molar refractivity (Wildman–Crippen MR) is 126 cm³/mol. The summed E-state index contributed by atoms with van der Waals surface area (Å²) in [4.78, 5) is 25.2. The Morgan fingerprint density at radius 2 is 1.48 bits per heavy atom. The van der Waals surface area contributed by atoms with Crippen LogP contribution in [0.15, 0.2) is 91.0 Å². The number of hydrogen-bond donors (Lipinski definition) is 2. The Morgan fingerprint density at radius 3 is 2.29 bits per heavy atom. The van der Waals surface area contributed by atoms with Gasteiger partial charge < -0.3 is 10.6 Å². The number of rotatable bonds is 6. The first-order valence-electron chi connectivity index (χ1n) is 10.3. The van der Waals surface area contributed by atoms with Crippen molar-refractivity contribution in [1.82, 2.24) is 0 Å². The van der Waals surface area contributed by atoms with Crippen LogP contribution in [0.5, 0.6) is 0 Å². The fraction of sp³-hybridized carbons (Fsp3) is 0.111. The van der Waals surface area contributed by atoms with E-state index in [0.29, 0.717) is 24.1 Å². The third-order valence-corrected chi connectivity index (χ3v) is 5.34. The van der Waals surface area contributed by atoms with Crippen molar-refractivity contribution in [2.75, 3.05) is 10.6 Å². The molecule has 0 fully saturated rings. The lowest BCUT2D eigenvalue weighted by Gasteiger charge is -2.13. The van der Waals surface area contributed by atoms with E-state index in [4.69, 9.17) is 0 Å². The lowest BCUT2D eigenvalue weighted by Crippen LogP contribution is -2.17. The first-order valence-corrected chi connectivity index (χ1v) is 10.3. The van der Waals surface area contributed by atoms with Gasteiger partial charge in [0.05, 0.1) is 0 Å². The fourth-order valence-electron chi connectivity index (χ4n) is 3.60. The average Bonchev–Trinajstić information content (AvgIpc) is 2.79. The number of benzene rings is 4. The van der Waals surface area contributed by atoms with E-state index in [1.165, 1.54) is 10.8 Å². The van der Waals surface area contributed by atoms with E-state index in [1.54, 1.807) is 12.1 Å². The SMILES string of the molecule is Cc1c(NC(=O)CCc2ccc3ccccc3c2)cccc1C(=O)Nc1ccccc1. The topological polar surface area (TPSA) is 58.2 Å². The first-order chi connectivity index (χ1) is 15.1. The Bertz CT molecular complexity index is 1230. The van der Waals surface area contributed by atoms with E-state index in [1.807, 2.05) is 55.5 Å². The molecule has 0 aliphatic carbocycles. The number of hydrogen-bond acceptors (Lipinski definition) is 2. The third kappa shape index (κ3) is 4.98. The third-order valence-electron chi connectivity index (χ3n) is 5.34. The molecule has 0 bridgehead atoms. The highest BCUT2D eigenvalue weighted by Gasteiger charge is 2.13. The van der Waals surface area contributed by atoms with Gasteiger partial charge in [0, 0.05) is 23.4 Å². The molecule has 0 saturated heterocycles. The molecule has 0 aliphatic heterocycles. The van der Waals surface area contributed by atoms with Crippen molar-refractivity contribution in [2.24, 2.45) is 0 Å². The number of fused-ring (bicyclic) bond motifs is 1. The monoisotopic (exact) mass is 408 g/mol. The molecule has 4 nitrogen and oxygen atoms in total. The summed E-state index contributed by atoms with van der Waals surface area (Å²) in [6, 6.07) is 29.2. The van der Waals surface area contributed by atoms with Gasteiger partial charge >= 0.3 is 0 Å². The molecule has 31 heavy (non-hydrogen) atoms. The quantitative estimate of drug-likeness (QED) is 0.413. The molecular weight excluding hydrogens is 384 g/mol. The van der Waals surface area contributed by atoms with Gasteiger partial charge in [0.15, 0.2) is 0 Å². The molecule has 2 amide bonds. The number of aryl methyl sites for hydroxylation is 1. The largest absolute Gasteiger partial charge is 0.326 e.